The molecule has 3 rings (SSSR count). The fourth-order valence-corrected chi connectivity index (χ4v) is 3.36. The summed E-state index contributed by atoms with van der Waals surface area (Å²) in [4.78, 5) is 32.7. The minimum Gasteiger partial charge on any atom is -0.462 e. The summed E-state index contributed by atoms with van der Waals surface area (Å²) in [5.41, 5.74) is 1.92. The molecule has 8 heteroatoms. The third-order valence-corrected chi connectivity index (χ3v) is 4.60. The van der Waals surface area contributed by atoms with Crippen LogP contribution < -0.4 is 5.32 Å². The molecule has 0 fully saturated rings. The molecule has 2 aromatic heterocycles. The number of thiophene rings is 1. The number of amides is 1. The molecule has 0 spiro atoms. The second-order valence-electron chi connectivity index (χ2n) is 5.13. The minimum atomic E-state index is -0.506. The number of benzene rings is 1. The summed E-state index contributed by atoms with van der Waals surface area (Å²) in [6.45, 7) is 1.95. The standard InChI is InChI=1S/C18H14ClN3O3S/c1-2-25-18(24)15-13(11-3-5-12(19)6-4-11)10-26-17(15)22-16(23)14-9-20-7-8-21-14/h3-10H,2H2,1H3,(H,22,23). The van der Waals surface area contributed by atoms with Crippen molar-refractivity contribution in [2.45, 2.75) is 6.92 Å². The van der Waals surface area contributed by atoms with E-state index in [1.54, 1.807) is 36.6 Å². The highest BCUT2D eigenvalue weighted by Crippen LogP contribution is 2.36. The first-order valence-electron chi connectivity index (χ1n) is 7.72. The highest BCUT2D eigenvalue weighted by Gasteiger charge is 2.23. The predicted octanol–water partition coefficient (Wildman–Crippen LogP) is 4.29. The molecule has 3 aromatic rings. The molecule has 0 aliphatic rings. The van der Waals surface area contributed by atoms with Gasteiger partial charge >= 0.3 is 5.97 Å². The number of hydrogen-bond acceptors (Lipinski definition) is 6. The molecule has 0 bridgehead atoms. The Hall–Kier alpha value is -2.77. The Bertz CT molecular complexity index is 927. The first-order chi connectivity index (χ1) is 12.6. The third kappa shape index (κ3) is 3.89. The fraction of sp³-hybridized carbons (Fsp3) is 0.111. The van der Waals surface area contributed by atoms with Gasteiger partial charge in [-0.15, -0.1) is 11.3 Å². The van der Waals surface area contributed by atoms with Crippen molar-refractivity contribution in [3.05, 3.63) is 64.5 Å². The Morgan fingerprint density at radius 3 is 2.65 bits per heavy atom. The number of carbonyl (C=O) groups is 2. The summed E-state index contributed by atoms with van der Waals surface area (Å²) < 4.78 is 5.16. The lowest BCUT2D eigenvalue weighted by molar-refractivity contribution is 0.0529. The number of anilines is 1. The van der Waals surface area contributed by atoms with Crippen LogP contribution >= 0.6 is 22.9 Å². The lowest BCUT2D eigenvalue weighted by atomic mass is 10.0. The molecule has 0 atom stereocenters. The van der Waals surface area contributed by atoms with Crippen LogP contribution in [0.2, 0.25) is 5.02 Å². The molecule has 0 saturated heterocycles. The zero-order valence-corrected chi connectivity index (χ0v) is 15.3. The van der Waals surface area contributed by atoms with E-state index >= 15 is 0 Å². The summed E-state index contributed by atoms with van der Waals surface area (Å²) in [7, 11) is 0. The molecular weight excluding hydrogens is 374 g/mol. The highest BCUT2D eigenvalue weighted by atomic mass is 35.5. The van der Waals surface area contributed by atoms with Crippen LogP contribution in [0.4, 0.5) is 5.00 Å². The second kappa shape index (κ2) is 8.07. The molecule has 1 aromatic carbocycles. The third-order valence-electron chi connectivity index (χ3n) is 3.45. The number of rotatable bonds is 5. The van der Waals surface area contributed by atoms with Gasteiger partial charge in [0.2, 0.25) is 0 Å². The second-order valence-corrected chi connectivity index (χ2v) is 6.44. The number of aromatic nitrogens is 2. The van der Waals surface area contributed by atoms with Crippen LogP contribution in [0, 0.1) is 0 Å². The number of nitrogens with one attached hydrogen (secondary N) is 1. The number of nitrogens with zero attached hydrogens (tertiary/aromatic N) is 2. The normalized spacial score (nSPS) is 10.4. The van der Waals surface area contributed by atoms with Crippen molar-refractivity contribution in [3.8, 4) is 11.1 Å². The minimum absolute atomic E-state index is 0.156. The molecule has 132 valence electrons. The molecule has 0 aliphatic carbocycles. The largest absolute Gasteiger partial charge is 0.462 e. The van der Waals surface area contributed by atoms with E-state index < -0.39 is 11.9 Å². The Kier molecular flexibility index (Phi) is 5.60. The van der Waals surface area contributed by atoms with E-state index in [0.29, 0.717) is 21.2 Å². The topological polar surface area (TPSA) is 81.2 Å². The van der Waals surface area contributed by atoms with E-state index in [1.165, 1.54) is 29.9 Å². The molecule has 1 amide bonds. The Morgan fingerprint density at radius 1 is 1.23 bits per heavy atom. The van der Waals surface area contributed by atoms with Gasteiger partial charge in [0.15, 0.2) is 0 Å². The SMILES string of the molecule is CCOC(=O)c1c(-c2ccc(Cl)cc2)csc1NC(=O)c1cnccn1. The van der Waals surface area contributed by atoms with Crippen molar-refractivity contribution in [2.75, 3.05) is 11.9 Å². The number of carbonyl (C=O) groups excluding carboxylic acids is 2. The lowest BCUT2D eigenvalue weighted by Crippen LogP contribution is -2.16. The summed E-state index contributed by atoms with van der Waals surface area (Å²) >= 11 is 7.17. The van der Waals surface area contributed by atoms with Crippen LogP contribution in [-0.2, 0) is 4.74 Å². The first kappa shape index (κ1) is 18.0. The van der Waals surface area contributed by atoms with Crippen molar-refractivity contribution < 1.29 is 14.3 Å². The van der Waals surface area contributed by atoms with Crippen LogP contribution in [0.15, 0.2) is 48.2 Å². The number of hydrogen-bond donors (Lipinski definition) is 1. The van der Waals surface area contributed by atoms with Crippen LogP contribution in [0.3, 0.4) is 0 Å². The van der Waals surface area contributed by atoms with Gasteiger partial charge in [0.25, 0.3) is 5.91 Å². The number of halogens is 1. The van der Waals surface area contributed by atoms with Gasteiger partial charge < -0.3 is 10.1 Å². The van der Waals surface area contributed by atoms with Crippen LogP contribution in [0.5, 0.6) is 0 Å². The van der Waals surface area contributed by atoms with Gasteiger partial charge in [0, 0.05) is 28.4 Å². The molecular formula is C18H14ClN3O3S. The zero-order valence-electron chi connectivity index (χ0n) is 13.7. The smallest absolute Gasteiger partial charge is 0.341 e. The van der Waals surface area contributed by atoms with E-state index in [2.05, 4.69) is 15.3 Å². The average Bonchev–Trinajstić information content (AvgIpc) is 3.07. The Balaban J connectivity index is 1.98. The maximum absolute atomic E-state index is 12.5. The fourth-order valence-electron chi connectivity index (χ4n) is 2.28. The van der Waals surface area contributed by atoms with Gasteiger partial charge in [-0.25, -0.2) is 9.78 Å². The van der Waals surface area contributed by atoms with Gasteiger partial charge in [-0.1, -0.05) is 23.7 Å². The number of ether oxygens (including phenoxy) is 1. The Morgan fingerprint density at radius 2 is 2.00 bits per heavy atom. The lowest BCUT2D eigenvalue weighted by Gasteiger charge is -2.08. The molecule has 1 N–H and O–H groups in total. The molecule has 6 nitrogen and oxygen atoms in total. The van der Waals surface area contributed by atoms with Crippen LogP contribution in [0.25, 0.3) is 11.1 Å². The monoisotopic (exact) mass is 387 g/mol. The summed E-state index contributed by atoms with van der Waals surface area (Å²) in [5, 5.41) is 5.50. The Labute approximate surface area is 158 Å². The van der Waals surface area contributed by atoms with Gasteiger partial charge in [-0.2, -0.15) is 0 Å². The van der Waals surface area contributed by atoms with Gasteiger partial charge in [0.1, 0.15) is 16.3 Å². The molecule has 26 heavy (non-hydrogen) atoms. The average molecular weight is 388 g/mol. The predicted molar refractivity (Wildman–Crippen MR) is 101 cm³/mol. The highest BCUT2D eigenvalue weighted by molar-refractivity contribution is 7.15. The van der Waals surface area contributed by atoms with Crippen molar-refractivity contribution >= 4 is 39.8 Å². The van der Waals surface area contributed by atoms with Crippen LogP contribution in [-0.4, -0.2) is 28.5 Å². The van der Waals surface area contributed by atoms with Crippen molar-refractivity contribution in [2.24, 2.45) is 0 Å². The van der Waals surface area contributed by atoms with Crippen molar-refractivity contribution in [3.63, 3.8) is 0 Å². The van der Waals surface area contributed by atoms with Crippen LogP contribution in [0.1, 0.15) is 27.8 Å². The molecule has 0 unspecified atom stereocenters. The first-order valence-corrected chi connectivity index (χ1v) is 8.97. The maximum Gasteiger partial charge on any atom is 0.341 e. The van der Waals surface area contributed by atoms with Gasteiger partial charge in [-0.05, 0) is 24.6 Å². The molecule has 0 radical (unpaired) electrons. The zero-order chi connectivity index (χ0) is 18.5. The summed E-state index contributed by atoms with van der Waals surface area (Å²) in [5.74, 6) is -0.957. The quantitative estimate of drug-likeness (QED) is 0.660. The number of esters is 1. The van der Waals surface area contributed by atoms with Gasteiger partial charge in [0.05, 0.1) is 12.8 Å². The van der Waals surface area contributed by atoms with E-state index in [1.807, 2.05) is 0 Å². The molecule has 0 saturated carbocycles. The van der Waals surface area contributed by atoms with E-state index in [-0.39, 0.29) is 12.3 Å². The maximum atomic E-state index is 12.5. The molecule has 0 aliphatic heterocycles. The summed E-state index contributed by atoms with van der Waals surface area (Å²) in [6.07, 6.45) is 4.26. The summed E-state index contributed by atoms with van der Waals surface area (Å²) in [6, 6.07) is 7.09. The molecule has 2 heterocycles. The van der Waals surface area contributed by atoms with Crippen molar-refractivity contribution in [1.29, 1.82) is 0 Å². The van der Waals surface area contributed by atoms with Gasteiger partial charge in [-0.3, -0.25) is 9.78 Å². The van der Waals surface area contributed by atoms with E-state index in [9.17, 15) is 9.59 Å². The van der Waals surface area contributed by atoms with E-state index in [4.69, 9.17) is 16.3 Å². The van der Waals surface area contributed by atoms with E-state index in [0.717, 1.165) is 5.56 Å². The van der Waals surface area contributed by atoms with Crippen molar-refractivity contribution in [1.82, 2.24) is 9.97 Å².